The molecule has 0 saturated heterocycles. The van der Waals surface area contributed by atoms with Crippen molar-refractivity contribution in [3.05, 3.63) is 57.6 Å². The predicted molar refractivity (Wildman–Crippen MR) is 75.1 cm³/mol. The van der Waals surface area contributed by atoms with Gasteiger partial charge in [0, 0.05) is 21.4 Å². The minimum absolute atomic E-state index is 0.718. The lowest BCUT2D eigenvalue weighted by molar-refractivity contribution is 1.53. The van der Waals surface area contributed by atoms with Gasteiger partial charge in [0.25, 0.3) is 0 Å². The third kappa shape index (κ3) is 2.04. The summed E-state index contributed by atoms with van der Waals surface area (Å²) in [7, 11) is 0. The van der Waals surface area contributed by atoms with E-state index in [9.17, 15) is 0 Å². The van der Waals surface area contributed by atoms with Crippen molar-refractivity contribution in [3.63, 3.8) is 0 Å². The van der Waals surface area contributed by atoms with Gasteiger partial charge in [-0.2, -0.15) is 0 Å². The molecule has 3 heteroatoms. The monoisotopic (exact) mass is 261 g/mol. The summed E-state index contributed by atoms with van der Waals surface area (Å²) < 4.78 is 0. The normalized spacial score (nSPS) is 12.4. The van der Waals surface area contributed by atoms with E-state index in [2.05, 4.69) is 17.5 Å². The number of rotatable bonds is 0. The lowest BCUT2D eigenvalue weighted by Crippen LogP contribution is -1.93. The molecule has 0 saturated carbocycles. The molecule has 0 fully saturated rings. The van der Waals surface area contributed by atoms with Gasteiger partial charge in [-0.25, -0.2) is 0 Å². The maximum Gasteiger partial charge on any atom is 0.0472 e. The van der Waals surface area contributed by atoms with E-state index < -0.39 is 0 Å². The van der Waals surface area contributed by atoms with E-state index in [1.54, 1.807) is 0 Å². The molecule has 0 unspecified atom stereocenters. The van der Waals surface area contributed by atoms with Gasteiger partial charge in [-0.1, -0.05) is 47.5 Å². The Hall–Kier alpha value is -1.44. The van der Waals surface area contributed by atoms with Crippen LogP contribution in [0.5, 0.6) is 0 Å². The van der Waals surface area contributed by atoms with E-state index in [4.69, 9.17) is 23.2 Å². The fourth-order valence-electron chi connectivity index (χ4n) is 1.89. The summed E-state index contributed by atoms with van der Waals surface area (Å²) in [6.45, 7) is 0. The van der Waals surface area contributed by atoms with Crippen LogP contribution in [0.15, 0.2) is 36.4 Å². The summed E-state index contributed by atoms with van der Waals surface area (Å²) in [6, 6.07) is 11.6. The van der Waals surface area contributed by atoms with Crippen molar-refractivity contribution < 1.29 is 0 Å². The number of benzene rings is 2. The minimum atomic E-state index is 0.718. The fourth-order valence-corrected chi connectivity index (χ4v) is 2.23. The Morgan fingerprint density at radius 1 is 0.706 bits per heavy atom. The highest BCUT2D eigenvalue weighted by atomic mass is 35.5. The van der Waals surface area contributed by atoms with Crippen LogP contribution in [0.2, 0.25) is 10.0 Å². The highest BCUT2D eigenvalue weighted by Gasteiger charge is 2.09. The van der Waals surface area contributed by atoms with Gasteiger partial charge in [-0.15, -0.1) is 0 Å². The third-order valence-electron chi connectivity index (χ3n) is 2.74. The molecule has 1 aliphatic heterocycles. The average molecular weight is 262 g/mol. The first-order valence-corrected chi connectivity index (χ1v) is 6.02. The van der Waals surface area contributed by atoms with Crippen molar-refractivity contribution in [2.45, 2.75) is 0 Å². The molecule has 0 aliphatic carbocycles. The first-order valence-electron chi connectivity index (χ1n) is 5.26. The molecule has 3 rings (SSSR count). The summed E-state index contributed by atoms with van der Waals surface area (Å²) in [5, 5.41) is 4.79. The summed E-state index contributed by atoms with van der Waals surface area (Å²) >= 11 is 12.0. The second-order valence-corrected chi connectivity index (χ2v) is 4.79. The highest BCUT2D eigenvalue weighted by Crippen LogP contribution is 2.33. The Balaban J connectivity index is 2.17. The van der Waals surface area contributed by atoms with Crippen LogP contribution < -0.4 is 5.32 Å². The lowest BCUT2D eigenvalue weighted by Gasteiger charge is -2.10. The van der Waals surface area contributed by atoms with Gasteiger partial charge in [0.05, 0.1) is 0 Å². The topological polar surface area (TPSA) is 12.0 Å². The second-order valence-electron chi connectivity index (χ2n) is 3.92. The zero-order valence-corrected chi connectivity index (χ0v) is 10.4. The van der Waals surface area contributed by atoms with E-state index in [0.717, 1.165) is 32.5 Å². The predicted octanol–water partition coefficient (Wildman–Crippen LogP) is 5.22. The molecule has 0 radical (unpaired) electrons. The smallest absolute Gasteiger partial charge is 0.0472 e. The van der Waals surface area contributed by atoms with Crippen molar-refractivity contribution in [2.75, 3.05) is 5.32 Å². The quantitative estimate of drug-likeness (QED) is 0.585. The molecule has 84 valence electrons. The molecule has 0 atom stereocenters. The van der Waals surface area contributed by atoms with Gasteiger partial charge < -0.3 is 5.32 Å². The molecule has 17 heavy (non-hydrogen) atoms. The van der Waals surface area contributed by atoms with Crippen molar-refractivity contribution in [3.8, 4) is 0 Å². The van der Waals surface area contributed by atoms with Crippen LogP contribution in [0.25, 0.3) is 12.2 Å². The number of hydrogen-bond donors (Lipinski definition) is 1. The zero-order chi connectivity index (χ0) is 11.8. The van der Waals surface area contributed by atoms with Crippen LogP contribution in [0.4, 0.5) is 11.4 Å². The number of hydrogen-bond acceptors (Lipinski definition) is 1. The third-order valence-corrected chi connectivity index (χ3v) is 3.21. The molecule has 1 heterocycles. The maximum atomic E-state index is 6.00. The van der Waals surface area contributed by atoms with E-state index in [1.165, 1.54) is 0 Å². The molecule has 0 aromatic heterocycles. The zero-order valence-electron chi connectivity index (χ0n) is 8.87. The van der Waals surface area contributed by atoms with Crippen LogP contribution in [0.3, 0.4) is 0 Å². The highest BCUT2D eigenvalue weighted by molar-refractivity contribution is 6.31. The van der Waals surface area contributed by atoms with Gasteiger partial charge in [-0.05, 0) is 35.4 Å². The van der Waals surface area contributed by atoms with Crippen LogP contribution in [-0.2, 0) is 0 Å². The van der Waals surface area contributed by atoms with E-state index in [1.807, 2.05) is 36.4 Å². The van der Waals surface area contributed by atoms with Crippen LogP contribution >= 0.6 is 23.2 Å². The van der Waals surface area contributed by atoms with Crippen molar-refractivity contribution in [1.29, 1.82) is 0 Å². The number of nitrogens with one attached hydrogen (secondary N) is 1. The first kappa shape index (κ1) is 10.7. The van der Waals surface area contributed by atoms with Gasteiger partial charge in [0.1, 0.15) is 0 Å². The minimum Gasteiger partial charge on any atom is -0.354 e. The lowest BCUT2D eigenvalue weighted by atomic mass is 10.1. The molecule has 1 N–H and O–H groups in total. The van der Waals surface area contributed by atoms with Crippen LogP contribution in [-0.4, -0.2) is 0 Å². The van der Waals surface area contributed by atoms with E-state index in [0.29, 0.717) is 0 Å². The summed E-state index contributed by atoms with van der Waals surface area (Å²) in [5.74, 6) is 0. The molecule has 0 amide bonds. The van der Waals surface area contributed by atoms with Crippen molar-refractivity contribution in [2.24, 2.45) is 0 Å². The van der Waals surface area contributed by atoms with Crippen molar-refractivity contribution >= 4 is 46.7 Å². The van der Waals surface area contributed by atoms with E-state index >= 15 is 0 Å². The largest absolute Gasteiger partial charge is 0.354 e. The number of fused-ring (bicyclic) bond motifs is 2. The Labute approximate surface area is 110 Å². The van der Waals surface area contributed by atoms with E-state index in [-0.39, 0.29) is 0 Å². The average Bonchev–Trinajstić information content (AvgIpc) is 2.46. The number of anilines is 2. The molecular formula is C14H9Cl2N. The second kappa shape index (κ2) is 4.10. The Morgan fingerprint density at radius 3 is 1.65 bits per heavy atom. The van der Waals surface area contributed by atoms with Gasteiger partial charge in [0.2, 0.25) is 0 Å². The number of halogens is 2. The molecule has 1 aliphatic rings. The van der Waals surface area contributed by atoms with Gasteiger partial charge in [0.15, 0.2) is 0 Å². The Bertz CT molecular complexity index is 564. The maximum absolute atomic E-state index is 6.00. The van der Waals surface area contributed by atoms with Crippen LogP contribution in [0, 0.1) is 0 Å². The molecule has 0 bridgehead atoms. The standard InChI is InChI=1S/C14H9Cl2N/c15-11-5-3-9-1-2-10-4-6-12(16)8-14(10)17-13(9)7-11/h1-8,17H. The summed E-state index contributed by atoms with van der Waals surface area (Å²) in [5.41, 5.74) is 4.22. The van der Waals surface area contributed by atoms with Crippen molar-refractivity contribution in [1.82, 2.24) is 0 Å². The molecule has 2 aromatic carbocycles. The Morgan fingerprint density at radius 2 is 1.18 bits per heavy atom. The molecule has 1 nitrogen and oxygen atoms in total. The van der Waals surface area contributed by atoms with Crippen LogP contribution in [0.1, 0.15) is 11.1 Å². The first-order chi connectivity index (χ1) is 8.22. The Kier molecular flexibility index (Phi) is 2.58. The summed E-state index contributed by atoms with van der Waals surface area (Å²) in [4.78, 5) is 0. The molecular weight excluding hydrogens is 253 g/mol. The molecule has 0 spiro atoms. The molecule has 2 aromatic rings. The van der Waals surface area contributed by atoms with Gasteiger partial charge in [-0.3, -0.25) is 0 Å². The SMILES string of the molecule is Clc1ccc2c(c1)Nc1cc(Cl)ccc1C=C2. The fraction of sp³-hybridized carbons (Fsp3) is 0. The van der Waals surface area contributed by atoms with Gasteiger partial charge >= 0.3 is 0 Å². The summed E-state index contributed by atoms with van der Waals surface area (Å²) in [6.07, 6.45) is 4.14.